The third kappa shape index (κ3) is 2.45. The van der Waals surface area contributed by atoms with Gasteiger partial charge in [-0.3, -0.25) is 4.79 Å². The topological polar surface area (TPSA) is 50.4 Å². The lowest BCUT2D eigenvalue weighted by molar-refractivity contribution is -0.122. The molecule has 0 spiro atoms. The number of hydrogen-bond donors (Lipinski definition) is 2. The Hall–Kier alpha value is -0.610. The minimum Gasteiger partial charge on any atom is -0.381 e. The highest BCUT2D eigenvalue weighted by Gasteiger charge is 2.23. The number of nitrogens with one attached hydrogen (secondary N) is 2. The fourth-order valence-electron chi connectivity index (χ4n) is 2.02. The van der Waals surface area contributed by atoms with Crippen LogP contribution in [0, 0.1) is 5.92 Å². The molecule has 0 radical (unpaired) electrons. The fraction of sp³-hybridized carbons (Fsp3) is 0.900. The lowest BCUT2D eigenvalue weighted by Crippen LogP contribution is -2.42. The molecule has 0 saturated carbocycles. The molecule has 2 fully saturated rings. The van der Waals surface area contributed by atoms with Gasteiger partial charge in [0.2, 0.25) is 5.91 Å². The van der Waals surface area contributed by atoms with E-state index in [-0.39, 0.29) is 11.9 Å². The Morgan fingerprint density at radius 2 is 2.43 bits per heavy atom. The van der Waals surface area contributed by atoms with Crippen molar-refractivity contribution < 1.29 is 9.53 Å². The number of hydrogen-bond acceptors (Lipinski definition) is 3. The number of ether oxygens (including phenoxy) is 1. The summed E-state index contributed by atoms with van der Waals surface area (Å²) in [6.07, 6.45) is 3.18. The van der Waals surface area contributed by atoms with Crippen molar-refractivity contribution in [3.63, 3.8) is 0 Å². The van der Waals surface area contributed by atoms with Crippen LogP contribution in [-0.2, 0) is 9.53 Å². The monoisotopic (exact) mass is 198 g/mol. The lowest BCUT2D eigenvalue weighted by Gasteiger charge is -2.13. The van der Waals surface area contributed by atoms with Gasteiger partial charge in [-0.05, 0) is 25.8 Å². The summed E-state index contributed by atoms with van der Waals surface area (Å²) in [7, 11) is 0. The zero-order valence-electron chi connectivity index (χ0n) is 8.42. The van der Waals surface area contributed by atoms with Crippen LogP contribution >= 0.6 is 0 Å². The molecule has 1 amide bonds. The summed E-state index contributed by atoms with van der Waals surface area (Å²) >= 11 is 0. The molecule has 2 heterocycles. The first kappa shape index (κ1) is 9.93. The lowest BCUT2D eigenvalue weighted by atomic mass is 10.1. The molecule has 2 saturated heterocycles. The highest BCUT2D eigenvalue weighted by atomic mass is 16.5. The molecule has 0 aromatic carbocycles. The molecule has 14 heavy (non-hydrogen) atoms. The van der Waals surface area contributed by atoms with Crippen LogP contribution in [0.15, 0.2) is 0 Å². The van der Waals surface area contributed by atoms with Crippen LogP contribution in [0.5, 0.6) is 0 Å². The van der Waals surface area contributed by atoms with Crippen molar-refractivity contribution in [2.75, 3.05) is 26.3 Å². The Morgan fingerprint density at radius 1 is 1.50 bits per heavy atom. The van der Waals surface area contributed by atoms with Gasteiger partial charge in [0, 0.05) is 19.1 Å². The van der Waals surface area contributed by atoms with Gasteiger partial charge in [0.05, 0.1) is 12.6 Å². The molecule has 80 valence electrons. The highest BCUT2D eigenvalue weighted by Crippen LogP contribution is 2.11. The standard InChI is InChI=1S/C10H18N2O2/c13-10(9-2-1-4-11-9)12-6-8-3-5-14-7-8/h8-9,11H,1-7H2,(H,12,13)/t8?,9-/m0/s1. The summed E-state index contributed by atoms with van der Waals surface area (Å²) in [5.74, 6) is 0.690. The number of amides is 1. The average molecular weight is 198 g/mol. The van der Waals surface area contributed by atoms with Crippen molar-refractivity contribution in [1.29, 1.82) is 0 Å². The molecule has 4 nitrogen and oxygen atoms in total. The largest absolute Gasteiger partial charge is 0.381 e. The van der Waals surface area contributed by atoms with Crippen molar-refractivity contribution in [1.82, 2.24) is 10.6 Å². The maximum atomic E-state index is 11.6. The van der Waals surface area contributed by atoms with Gasteiger partial charge < -0.3 is 15.4 Å². The van der Waals surface area contributed by atoms with E-state index in [0.29, 0.717) is 5.92 Å². The van der Waals surface area contributed by atoms with Crippen LogP contribution in [0.3, 0.4) is 0 Å². The Morgan fingerprint density at radius 3 is 3.07 bits per heavy atom. The fourth-order valence-corrected chi connectivity index (χ4v) is 2.02. The third-order valence-electron chi connectivity index (χ3n) is 2.97. The molecule has 2 N–H and O–H groups in total. The zero-order chi connectivity index (χ0) is 9.80. The van der Waals surface area contributed by atoms with Crippen molar-refractivity contribution in [2.45, 2.75) is 25.3 Å². The Balaban J connectivity index is 1.66. The molecule has 2 rings (SSSR count). The maximum absolute atomic E-state index is 11.6. The van der Waals surface area contributed by atoms with Gasteiger partial charge >= 0.3 is 0 Å². The minimum absolute atomic E-state index is 0.0531. The van der Waals surface area contributed by atoms with E-state index < -0.39 is 0 Å². The Labute approximate surface area is 84.4 Å². The van der Waals surface area contributed by atoms with Gasteiger partial charge in [-0.2, -0.15) is 0 Å². The molecule has 0 aliphatic carbocycles. The molecule has 0 aromatic heterocycles. The van der Waals surface area contributed by atoms with E-state index in [4.69, 9.17) is 4.74 Å². The predicted octanol–water partition coefficient (Wildman–Crippen LogP) is -0.109. The van der Waals surface area contributed by atoms with Crippen LogP contribution < -0.4 is 10.6 Å². The normalized spacial score (nSPS) is 32.0. The molecule has 4 heteroatoms. The van der Waals surface area contributed by atoms with Gasteiger partial charge in [0.1, 0.15) is 0 Å². The van der Waals surface area contributed by atoms with Crippen molar-refractivity contribution in [3.8, 4) is 0 Å². The van der Waals surface area contributed by atoms with E-state index in [9.17, 15) is 4.79 Å². The molecular weight excluding hydrogens is 180 g/mol. The number of carbonyl (C=O) groups is 1. The van der Waals surface area contributed by atoms with Crippen molar-refractivity contribution in [2.24, 2.45) is 5.92 Å². The molecule has 0 bridgehead atoms. The third-order valence-corrected chi connectivity index (χ3v) is 2.97. The van der Waals surface area contributed by atoms with E-state index in [1.54, 1.807) is 0 Å². The first-order valence-electron chi connectivity index (χ1n) is 5.45. The van der Waals surface area contributed by atoms with Gasteiger partial charge in [-0.15, -0.1) is 0 Å². The second-order valence-electron chi connectivity index (χ2n) is 4.12. The van der Waals surface area contributed by atoms with Gasteiger partial charge in [-0.25, -0.2) is 0 Å². The predicted molar refractivity (Wildman–Crippen MR) is 53.0 cm³/mol. The molecular formula is C10H18N2O2. The summed E-state index contributed by atoms with van der Waals surface area (Å²) in [6, 6.07) is 0.0531. The SMILES string of the molecule is O=C(NCC1CCOC1)[C@@H]1CCCN1. The Bertz CT molecular complexity index is 196. The molecule has 2 aliphatic rings. The summed E-state index contributed by atoms with van der Waals surface area (Å²) in [4.78, 5) is 11.6. The van der Waals surface area contributed by atoms with Gasteiger partial charge in [0.25, 0.3) is 0 Å². The van der Waals surface area contributed by atoms with Crippen LogP contribution in [0.25, 0.3) is 0 Å². The molecule has 2 atom stereocenters. The summed E-state index contributed by atoms with van der Waals surface area (Å²) in [5.41, 5.74) is 0. The highest BCUT2D eigenvalue weighted by molar-refractivity contribution is 5.81. The van der Waals surface area contributed by atoms with Crippen LogP contribution in [0.2, 0.25) is 0 Å². The van der Waals surface area contributed by atoms with Gasteiger partial charge in [-0.1, -0.05) is 0 Å². The van der Waals surface area contributed by atoms with E-state index in [1.807, 2.05) is 0 Å². The summed E-state index contributed by atoms with van der Waals surface area (Å²) in [5, 5.41) is 6.17. The van der Waals surface area contributed by atoms with Crippen LogP contribution in [0.4, 0.5) is 0 Å². The maximum Gasteiger partial charge on any atom is 0.237 e. The number of rotatable bonds is 3. The molecule has 0 aromatic rings. The second-order valence-corrected chi connectivity index (χ2v) is 4.12. The van der Waals surface area contributed by atoms with Gasteiger partial charge in [0.15, 0.2) is 0 Å². The van der Waals surface area contributed by atoms with E-state index in [2.05, 4.69) is 10.6 Å². The summed E-state index contributed by atoms with van der Waals surface area (Å²) in [6.45, 7) is 3.40. The van der Waals surface area contributed by atoms with E-state index in [1.165, 1.54) is 0 Å². The van der Waals surface area contributed by atoms with Crippen molar-refractivity contribution >= 4 is 5.91 Å². The van der Waals surface area contributed by atoms with E-state index in [0.717, 1.165) is 45.6 Å². The molecule has 2 aliphatic heterocycles. The zero-order valence-corrected chi connectivity index (χ0v) is 8.42. The number of carbonyl (C=O) groups excluding carboxylic acids is 1. The van der Waals surface area contributed by atoms with Crippen LogP contribution in [0.1, 0.15) is 19.3 Å². The van der Waals surface area contributed by atoms with E-state index >= 15 is 0 Å². The minimum atomic E-state index is 0.0531. The smallest absolute Gasteiger partial charge is 0.237 e. The first-order valence-corrected chi connectivity index (χ1v) is 5.45. The van der Waals surface area contributed by atoms with Crippen molar-refractivity contribution in [3.05, 3.63) is 0 Å². The van der Waals surface area contributed by atoms with Crippen LogP contribution in [-0.4, -0.2) is 38.3 Å². The second kappa shape index (κ2) is 4.75. The first-order chi connectivity index (χ1) is 6.86. The average Bonchev–Trinajstić information content (AvgIpc) is 2.87. The quantitative estimate of drug-likeness (QED) is 0.665. The Kier molecular flexibility index (Phi) is 3.37. The molecule has 1 unspecified atom stereocenters. The summed E-state index contributed by atoms with van der Waals surface area (Å²) < 4.78 is 5.25.